The molecule has 0 heterocycles. The fourth-order valence-electron chi connectivity index (χ4n) is 1.04. The first-order valence-corrected chi connectivity index (χ1v) is 4.69. The van der Waals surface area contributed by atoms with Crippen LogP contribution in [0.2, 0.25) is 0 Å². The van der Waals surface area contributed by atoms with Gasteiger partial charge in [-0.05, 0) is 32.3 Å². The van der Waals surface area contributed by atoms with E-state index in [2.05, 4.69) is 31.5 Å². The van der Waals surface area contributed by atoms with Crippen LogP contribution in [0.25, 0.3) is 0 Å². The van der Waals surface area contributed by atoms with Gasteiger partial charge in [-0.3, -0.25) is 4.99 Å². The Morgan fingerprint density at radius 3 is 2.62 bits per heavy atom. The van der Waals surface area contributed by atoms with E-state index in [0.717, 1.165) is 12.8 Å². The summed E-state index contributed by atoms with van der Waals surface area (Å²) in [7, 11) is 0. The van der Waals surface area contributed by atoms with Crippen molar-refractivity contribution < 1.29 is 0 Å². The average molecular weight is 177 g/mol. The zero-order valence-electron chi connectivity index (χ0n) is 8.88. The molecule has 13 heavy (non-hydrogen) atoms. The van der Waals surface area contributed by atoms with Gasteiger partial charge in [-0.1, -0.05) is 24.6 Å². The van der Waals surface area contributed by atoms with E-state index in [9.17, 15) is 0 Å². The fourth-order valence-corrected chi connectivity index (χ4v) is 1.04. The molecule has 72 valence electrons. The molecule has 0 aliphatic carbocycles. The third kappa shape index (κ3) is 6.09. The Morgan fingerprint density at radius 1 is 1.46 bits per heavy atom. The van der Waals surface area contributed by atoms with Crippen molar-refractivity contribution in [3.63, 3.8) is 0 Å². The Balaban J connectivity index is 4.39. The Bertz CT molecular complexity index is 232. The highest BCUT2D eigenvalue weighted by atomic mass is 14.7. The first kappa shape index (κ1) is 11.9. The number of nitrogens with zero attached hydrogens (tertiary/aromatic N) is 1. The molecule has 0 spiro atoms. The number of allylic oxidation sites excluding steroid dienone is 4. The van der Waals surface area contributed by atoms with Crippen molar-refractivity contribution >= 4 is 6.21 Å². The van der Waals surface area contributed by atoms with Crippen molar-refractivity contribution in [2.45, 2.75) is 33.6 Å². The van der Waals surface area contributed by atoms with Gasteiger partial charge in [0, 0.05) is 12.4 Å². The van der Waals surface area contributed by atoms with Crippen LogP contribution in [-0.4, -0.2) is 6.21 Å². The summed E-state index contributed by atoms with van der Waals surface area (Å²) in [5, 5.41) is 0. The van der Waals surface area contributed by atoms with Gasteiger partial charge >= 0.3 is 0 Å². The van der Waals surface area contributed by atoms with Crippen LogP contribution < -0.4 is 0 Å². The SMILES string of the molecule is C=CC/C(=C/C(C)=C/N=C\C)CC. The van der Waals surface area contributed by atoms with Gasteiger partial charge < -0.3 is 0 Å². The van der Waals surface area contributed by atoms with Gasteiger partial charge in [0.1, 0.15) is 0 Å². The molecule has 0 saturated carbocycles. The Hall–Kier alpha value is -1.11. The minimum Gasteiger partial charge on any atom is -0.269 e. The van der Waals surface area contributed by atoms with E-state index < -0.39 is 0 Å². The van der Waals surface area contributed by atoms with Gasteiger partial charge in [0.05, 0.1) is 0 Å². The van der Waals surface area contributed by atoms with Gasteiger partial charge in [0.25, 0.3) is 0 Å². The first-order valence-electron chi connectivity index (χ1n) is 4.69. The Kier molecular flexibility index (Phi) is 6.89. The molecule has 0 aliphatic heterocycles. The summed E-state index contributed by atoms with van der Waals surface area (Å²) >= 11 is 0. The molecule has 1 nitrogen and oxygen atoms in total. The van der Waals surface area contributed by atoms with E-state index >= 15 is 0 Å². The van der Waals surface area contributed by atoms with Crippen molar-refractivity contribution in [3.05, 3.63) is 36.1 Å². The van der Waals surface area contributed by atoms with Crippen LogP contribution in [0.4, 0.5) is 0 Å². The number of rotatable bonds is 5. The van der Waals surface area contributed by atoms with E-state index in [1.165, 1.54) is 11.1 Å². The summed E-state index contributed by atoms with van der Waals surface area (Å²) in [6.45, 7) is 9.86. The zero-order chi connectivity index (χ0) is 10.1. The predicted octanol–water partition coefficient (Wildman–Crippen LogP) is 3.89. The standard InChI is InChI=1S/C12H19N/c1-5-8-12(6-2)9-11(4)10-13-7-3/h5,7,9-10H,1,6,8H2,2-4H3/b11-10+,12-9+,13-7-. The van der Waals surface area contributed by atoms with Crippen LogP contribution in [0.5, 0.6) is 0 Å². The lowest BCUT2D eigenvalue weighted by Crippen LogP contribution is -1.79. The van der Waals surface area contributed by atoms with Gasteiger partial charge in [0.2, 0.25) is 0 Å². The van der Waals surface area contributed by atoms with E-state index in [-0.39, 0.29) is 0 Å². The lowest BCUT2D eigenvalue weighted by molar-refractivity contribution is 1.03. The lowest BCUT2D eigenvalue weighted by atomic mass is 10.1. The average Bonchev–Trinajstić information content (AvgIpc) is 2.14. The highest BCUT2D eigenvalue weighted by Gasteiger charge is 1.90. The molecule has 0 unspecified atom stereocenters. The molecule has 0 saturated heterocycles. The topological polar surface area (TPSA) is 12.4 Å². The normalized spacial score (nSPS) is 13.8. The smallest absolute Gasteiger partial charge is 0.0292 e. The summed E-state index contributed by atoms with van der Waals surface area (Å²) in [6.07, 6.45) is 9.82. The quantitative estimate of drug-likeness (QED) is 0.343. The molecule has 0 amide bonds. The third-order valence-electron chi connectivity index (χ3n) is 1.72. The second kappa shape index (κ2) is 7.53. The van der Waals surface area contributed by atoms with E-state index in [1.807, 2.05) is 19.2 Å². The van der Waals surface area contributed by atoms with Crippen LogP contribution in [0, 0.1) is 0 Å². The second-order valence-corrected chi connectivity index (χ2v) is 2.93. The maximum Gasteiger partial charge on any atom is 0.0292 e. The van der Waals surface area contributed by atoms with Crippen molar-refractivity contribution in [1.29, 1.82) is 0 Å². The molecular weight excluding hydrogens is 158 g/mol. The van der Waals surface area contributed by atoms with Gasteiger partial charge in [-0.2, -0.15) is 0 Å². The van der Waals surface area contributed by atoms with Gasteiger partial charge in [0.15, 0.2) is 0 Å². The second-order valence-electron chi connectivity index (χ2n) is 2.93. The van der Waals surface area contributed by atoms with Gasteiger partial charge in [-0.15, -0.1) is 6.58 Å². The molecule has 1 heteroatoms. The third-order valence-corrected chi connectivity index (χ3v) is 1.72. The maximum atomic E-state index is 4.06. The van der Waals surface area contributed by atoms with Crippen molar-refractivity contribution in [2.24, 2.45) is 4.99 Å². The molecule has 0 N–H and O–H groups in total. The molecule has 0 fully saturated rings. The summed E-state index contributed by atoms with van der Waals surface area (Å²) in [4.78, 5) is 4.06. The minimum absolute atomic E-state index is 0.970. The van der Waals surface area contributed by atoms with E-state index in [0.29, 0.717) is 0 Å². The van der Waals surface area contributed by atoms with Crippen LogP contribution in [0.15, 0.2) is 41.1 Å². The Labute approximate surface area is 81.6 Å². The van der Waals surface area contributed by atoms with Crippen LogP contribution in [0.3, 0.4) is 0 Å². The van der Waals surface area contributed by atoms with Gasteiger partial charge in [-0.25, -0.2) is 0 Å². The van der Waals surface area contributed by atoms with Crippen molar-refractivity contribution in [3.8, 4) is 0 Å². The maximum absolute atomic E-state index is 4.06. The molecule has 0 aromatic heterocycles. The van der Waals surface area contributed by atoms with Crippen molar-refractivity contribution in [2.75, 3.05) is 0 Å². The minimum atomic E-state index is 0.970. The molecule has 0 bridgehead atoms. The van der Waals surface area contributed by atoms with Crippen LogP contribution >= 0.6 is 0 Å². The summed E-state index contributed by atoms with van der Waals surface area (Å²) < 4.78 is 0. The molecule has 0 radical (unpaired) electrons. The largest absolute Gasteiger partial charge is 0.269 e. The molecule has 0 aromatic rings. The monoisotopic (exact) mass is 177 g/mol. The zero-order valence-corrected chi connectivity index (χ0v) is 8.88. The number of hydrogen-bond acceptors (Lipinski definition) is 1. The summed E-state index contributed by atoms with van der Waals surface area (Å²) in [6, 6.07) is 0. The molecule has 0 atom stereocenters. The molecule has 0 aromatic carbocycles. The highest BCUT2D eigenvalue weighted by molar-refractivity contribution is 5.54. The van der Waals surface area contributed by atoms with E-state index in [1.54, 1.807) is 6.21 Å². The van der Waals surface area contributed by atoms with Crippen molar-refractivity contribution in [1.82, 2.24) is 0 Å². The number of hydrogen-bond donors (Lipinski definition) is 0. The molecular formula is C12H19N. The highest BCUT2D eigenvalue weighted by Crippen LogP contribution is 2.10. The fraction of sp³-hybridized carbons (Fsp3) is 0.417. The molecule has 0 rings (SSSR count). The van der Waals surface area contributed by atoms with Crippen LogP contribution in [0.1, 0.15) is 33.6 Å². The Morgan fingerprint density at radius 2 is 2.15 bits per heavy atom. The predicted molar refractivity (Wildman–Crippen MR) is 61.1 cm³/mol. The van der Waals surface area contributed by atoms with Crippen LogP contribution in [-0.2, 0) is 0 Å². The molecule has 0 aliphatic rings. The summed E-state index contributed by atoms with van der Waals surface area (Å²) in [5.74, 6) is 0. The summed E-state index contributed by atoms with van der Waals surface area (Å²) in [5.41, 5.74) is 2.59. The van der Waals surface area contributed by atoms with E-state index in [4.69, 9.17) is 0 Å². The lowest BCUT2D eigenvalue weighted by Gasteiger charge is -1.99. The first-order chi connectivity index (χ1) is 6.24. The number of aliphatic imine (C=N–C) groups is 1.